The molecule has 134 valence electrons. The van der Waals surface area contributed by atoms with Crippen LogP contribution in [0.5, 0.6) is 0 Å². The summed E-state index contributed by atoms with van der Waals surface area (Å²) in [4.78, 5) is 0. The molecule has 0 spiro atoms. The number of hydrogen-bond donors (Lipinski definition) is 0. The van der Waals surface area contributed by atoms with Crippen molar-refractivity contribution in [3.8, 4) is 0 Å². The van der Waals surface area contributed by atoms with Crippen molar-refractivity contribution in [1.29, 1.82) is 0 Å². The molecule has 0 bridgehead atoms. The summed E-state index contributed by atoms with van der Waals surface area (Å²) < 4.78 is 38.2. The molecule has 0 saturated heterocycles. The van der Waals surface area contributed by atoms with Crippen LogP contribution in [0.15, 0.2) is 91.0 Å². The zero-order valence-corrected chi connectivity index (χ0v) is 21.1. The molecule has 3 aromatic carbocycles. The van der Waals surface area contributed by atoms with Gasteiger partial charge in [-0.05, 0) is 0 Å². The van der Waals surface area contributed by atoms with Crippen molar-refractivity contribution in [2.75, 3.05) is 5.75 Å². The first-order valence-electron chi connectivity index (χ1n) is 8.62. The average Bonchev–Trinajstić information content (AvgIpc) is 2.67. The summed E-state index contributed by atoms with van der Waals surface area (Å²) in [5.74, 6) is -0.307. The normalized spacial score (nSPS) is 11.6. The van der Waals surface area contributed by atoms with Crippen LogP contribution in [-0.2, 0) is 10.1 Å². The van der Waals surface area contributed by atoms with Crippen molar-refractivity contribution in [1.82, 2.24) is 0 Å². The molecule has 0 aliphatic rings. The smallest absolute Gasteiger partial charge is 1.00 e. The average molecular weight is 495 g/mol. The minimum atomic E-state index is -4.21. The first-order valence-corrected chi connectivity index (χ1v) is 16.5. The van der Waals surface area contributed by atoms with E-state index in [1.54, 1.807) is 0 Å². The van der Waals surface area contributed by atoms with Crippen LogP contribution in [0.3, 0.4) is 0 Å². The van der Waals surface area contributed by atoms with E-state index >= 15 is 0 Å². The molecule has 0 amide bonds. The van der Waals surface area contributed by atoms with Gasteiger partial charge in [-0.2, -0.15) is 0 Å². The van der Waals surface area contributed by atoms with Crippen LogP contribution in [0.2, 0.25) is 4.44 Å². The van der Waals surface area contributed by atoms with E-state index in [-0.39, 0.29) is 35.3 Å². The third-order valence-corrected chi connectivity index (χ3v) is 20.0. The Morgan fingerprint density at radius 3 is 1.30 bits per heavy atom. The summed E-state index contributed by atoms with van der Waals surface area (Å²) in [7, 11) is -4.21. The fourth-order valence-electron chi connectivity index (χ4n) is 3.62. The van der Waals surface area contributed by atoms with Crippen molar-refractivity contribution in [2.45, 2.75) is 10.9 Å². The zero-order chi connectivity index (χ0) is 18.5. The molecule has 0 N–H and O–H groups in total. The van der Waals surface area contributed by atoms with Gasteiger partial charge in [0.05, 0.1) is 0 Å². The molecule has 27 heavy (non-hydrogen) atoms. The molecule has 3 aromatic rings. The zero-order valence-electron chi connectivity index (χ0n) is 15.4. The maximum Gasteiger partial charge on any atom is 1.00 e. The second-order valence-corrected chi connectivity index (χ2v) is 19.4. The fourth-order valence-corrected chi connectivity index (χ4v) is 18.7. The minimum Gasteiger partial charge on any atom is 1.00 e. The largest absolute Gasteiger partial charge is 1.00 e. The van der Waals surface area contributed by atoms with E-state index < -0.39 is 28.5 Å². The Morgan fingerprint density at radius 1 is 0.667 bits per heavy atom. The molecule has 3 rings (SSSR count). The van der Waals surface area contributed by atoms with Gasteiger partial charge >= 0.3 is 189 Å². The summed E-state index contributed by atoms with van der Waals surface area (Å²) >= 11 is -3.41. The van der Waals surface area contributed by atoms with Gasteiger partial charge in [-0.1, -0.05) is 0 Å². The molecule has 0 saturated carbocycles. The van der Waals surface area contributed by atoms with E-state index in [1.165, 1.54) is 10.7 Å². The molecule has 0 radical (unpaired) electrons. The Morgan fingerprint density at radius 2 is 1.00 bits per heavy atom. The fraction of sp³-hybridized carbons (Fsp3) is 0.143. The molecule has 0 aromatic heterocycles. The summed E-state index contributed by atoms with van der Waals surface area (Å²) in [6, 6.07) is 31.2. The van der Waals surface area contributed by atoms with Gasteiger partial charge in [-0.15, -0.1) is 0 Å². The molecule has 0 heterocycles. The summed E-state index contributed by atoms with van der Waals surface area (Å²) in [6.45, 7) is 0. The third-order valence-electron chi connectivity index (χ3n) is 4.75. The Bertz CT molecular complexity index is 836. The van der Waals surface area contributed by atoms with Gasteiger partial charge in [0.1, 0.15) is 0 Å². The predicted octanol–water partition coefficient (Wildman–Crippen LogP) is -0.904. The second kappa shape index (κ2) is 10.2. The third kappa shape index (κ3) is 5.68. The van der Waals surface area contributed by atoms with Gasteiger partial charge in [-0.25, -0.2) is 0 Å². The summed E-state index contributed by atoms with van der Waals surface area (Å²) in [5, 5.41) is 0. The van der Waals surface area contributed by atoms with E-state index in [9.17, 15) is 13.0 Å². The Kier molecular flexibility index (Phi) is 8.59. The monoisotopic (exact) mass is 496 g/mol. The van der Waals surface area contributed by atoms with Crippen LogP contribution >= 0.6 is 0 Å². The molecule has 0 fully saturated rings. The van der Waals surface area contributed by atoms with Crippen LogP contribution in [-0.4, -0.2) is 37.1 Å². The van der Waals surface area contributed by atoms with Gasteiger partial charge in [0.15, 0.2) is 0 Å². The van der Waals surface area contributed by atoms with Crippen molar-refractivity contribution in [3.63, 3.8) is 0 Å². The predicted molar refractivity (Wildman–Crippen MR) is 108 cm³/mol. The van der Waals surface area contributed by atoms with Crippen LogP contribution in [0, 0.1) is 0 Å². The number of benzene rings is 3. The molecule has 6 heteroatoms. The van der Waals surface area contributed by atoms with Crippen molar-refractivity contribution < 1.29 is 42.5 Å². The first kappa shape index (κ1) is 22.7. The van der Waals surface area contributed by atoms with E-state index in [4.69, 9.17) is 0 Å². The van der Waals surface area contributed by atoms with Gasteiger partial charge < -0.3 is 0 Å². The molecular weight excluding hydrogens is 474 g/mol. The molecule has 0 unspecified atom stereocenters. The molecular formula is C21H21NaO3SSn. The Balaban J connectivity index is 0.00000261. The van der Waals surface area contributed by atoms with Crippen LogP contribution in [0.4, 0.5) is 0 Å². The van der Waals surface area contributed by atoms with Crippen LogP contribution in [0.25, 0.3) is 0 Å². The number of hydrogen-bond acceptors (Lipinski definition) is 3. The quantitative estimate of drug-likeness (QED) is 0.316. The Labute approximate surface area is 187 Å². The van der Waals surface area contributed by atoms with Gasteiger partial charge in [0.25, 0.3) is 0 Å². The molecule has 3 nitrogen and oxygen atoms in total. The SMILES string of the molecule is O=S(=O)([O-])CC[CH2][Sn]([c]1ccccc1)([c]1ccccc1)[c]1ccccc1.[Na+]. The van der Waals surface area contributed by atoms with E-state index in [2.05, 4.69) is 36.4 Å². The number of rotatable bonds is 7. The van der Waals surface area contributed by atoms with Gasteiger partial charge in [0, 0.05) is 0 Å². The maximum absolute atomic E-state index is 11.2. The molecule has 0 atom stereocenters. The maximum atomic E-state index is 11.2. The van der Waals surface area contributed by atoms with Gasteiger partial charge in [0.2, 0.25) is 0 Å². The summed E-state index contributed by atoms with van der Waals surface area (Å²) in [6.07, 6.45) is 0.389. The summed E-state index contributed by atoms with van der Waals surface area (Å²) in [5.41, 5.74) is 0. The standard InChI is InChI=1S/3C6H5.C3H7O3S.Na.Sn/c3*1-2-4-6-5-3-1;1-2-3-7(4,5)6;;/h3*1-5H;1-3H2,(H,4,5,6);;/q;;;;+1;/p-1. The minimum absolute atomic E-state index is 0. The molecule has 0 aliphatic carbocycles. The topological polar surface area (TPSA) is 57.2 Å². The van der Waals surface area contributed by atoms with E-state index in [1.807, 2.05) is 54.6 Å². The van der Waals surface area contributed by atoms with Crippen molar-refractivity contribution in [3.05, 3.63) is 91.0 Å². The van der Waals surface area contributed by atoms with Crippen molar-refractivity contribution in [2.24, 2.45) is 0 Å². The van der Waals surface area contributed by atoms with E-state index in [0.29, 0.717) is 6.42 Å². The van der Waals surface area contributed by atoms with E-state index in [0.717, 1.165) is 4.44 Å². The Hall–Kier alpha value is -0.631. The molecule has 0 aliphatic heterocycles. The van der Waals surface area contributed by atoms with Gasteiger partial charge in [-0.3, -0.25) is 0 Å². The second-order valence-electron chi connectivity index (χ2n) is 6.37. The van der Waals surface area contributed by atoms with Crippen LogP contribution in [0.1, 0.15) is 6.42 Å². The first-order chi connectivity index (χ1) is 12.5. The van der Waals surface area contributed by atoms with Crippen LogP contribution < -0.4 is 40.3 Å². The van der Waals surface area contributed by atoms with Crippen molar-refractivity contribution >= 4 is 39.2 Å².